The molecule has 3 amide bonds. The van der Waals surface area contributed by atoms with E-state index in [2.05, 4.69) is 42.5 Å². The average Bonchev–Trinajstić information content (AvgIpc) is 1.45. The molecule has 13 aliphatic rings. The first kappa shape index (κ1) is 102. The summed E-state index contributed by atoms with van der Waals surface area (Å²) in [5, 5.41) is 56.8. The van der Waals surface area contributed by atoms with Crippen LogP contribution in [-0.4, -0.2) is 277 Å². The summed E-state index contributed by atoms with van der Waals surface area (Å²) in [6, 6.07) is 9.54. The van der Waals surface area contributed by atoms with Gasteiger partial charge in [-0.05, 0) is 179 Å². The Bertz CT molecular complexity index is 5160. The van der Waals surface area contributed by atoms with Crippen LogP contribution in [0.3, 0.4) is 0 Å². The number of ether oxygens (including phenoxy) is 10. The van der Waals surface area contributed by atoms with Crippen LogP contribution in [0.4, 0.5) is 13.2 Å². The highest BCUT2D eigenvalue weighted by molar-refractivity contribution is 5.90. The Labute approximate surface area is 769 Å². The molecule has 4 saturated heterocycles. The van der Waals surface area contributed by atoms with Crippen molar-refractivity contribution in [3.63, 3.8) is 0 Å². The van der Waals surface area contributed by atoms with Crippen molar-refractivity contribution in [1.29, 1.82) is 0 Å². The summed E-state index contributed by atoms with van der Waals surface area (Å²) in [7, 11) is 5.97. The number of halogens is 3. The summed E-state index contributed by atoms with van der Waals surface area (Å²) >= 11 is 0. The van der Waals surface area contributed by atoms with Gasteiger partial charge in [-0.1, -0.05) is 65.8 Å². The average molecular weight is 1870 g/mol. The number of aliphatic carboxylic acids is 1. The van der Waals surface area contributed by atoms with Crippen molar-refractivity contribution < 1.29 is 150 Å². The topological polar surface area (TPSA) is 470 Å². The first-order chi connectivity index (χ1) is 62.3. The maximum absolute atomic E-state index is 13.3. The van der Waals surface area contributed by atoms with Crippen molar-refractivity contribution in [2.75, 3.05) is 67.0 Å². The largest absolute Gasteiger partial charge is 0.481 e. The van der Waals surface area contributed by atoms with Crippen LogP contribution < -0.4 is 35.5 Å². The van der Waals surface area contributed by atoms with Gasteiger partial charge < -0.3 is 104 Å². The number of nitrogens with one attached hydrogen (secondary N) is 4. The van der Waals surface area contributed by atoms with E-state index in [9.17, 15) is 90.8 Å². The molecule has 17 atom stereocenters. The van der Waals surface area contributed by atoms with Crippen molar-refractivity contribution in [3.05, 3.63) is 134 Å². The molecule has 8 N–H and O–H groups in total. The zero-order chi connectivity index (χ0) is 94.8. The number of rotatable bonds is 32. The van der Waals surface area contributed by atoms with Gasteiger partial charge in [-0.15, -0.1) is 0 Å². The molecule has 38 heteroatoms. The lowest BCUT2D eigenvalue weighted by Gasteiger charge is -2.61. The summed E-state index contributed by atoms with van der Waals surface area (Å²) in [5.74, 6) is -4.56. The molecule has 6 aliphatic carbocycles. The summed E-state index contributed by atoms with van der Waals surface area (Å²) in [4.78, 5) is 174. The number of likely N-dealkylation sites (tertiary alicyclic amines) is 3. The molecular weight excluding hydrogens is 1740 g/mol. The normalized spacial score (nSPS) is 27.9. The third-order valence-electron chi connectivity index (χ3n) is 28.0. The summed E-state index contributed by atoms with van der Waals surface area (Å²) in [5.41, 5.74) is 0.466. The van der Waals surface area contributed by atoms with Crippen molar-refractivity contribution in [1.82, 2.24) is 36.0 Å². The molecule has 7 aliphatic heterocycles. The second kappa shape index (κ2) is 41.3. The minimum Gasteiger partial charge on any atom is -0.481 e. The maximum Gasteiger partial charge on any atom is 0.446 e. The molecule has 726 valence electrons. The number of nitrogens with zero attached hydrogens (tertiary/aromatic N) is 3. The molecule has 7 heterocycles. The van der Waals surface area contributed by atoms with Gasteiger partial charge in [-0.3, -0.25) is 57.5 Å². The van der Waals surface area contributed by atoms with Gasteiger partial charge in [-0.2, -0.15) is 13.2 Å². The van der Waals surface area contributed by atoms with Gasteiger partial charge in [0.2, 0.25) is 30.1 Å². The number of likely N-dealkylation sites (N-methyl/N-ethyl adjacent to an activating group) is 3. The maximum atomic E-state index is 13.3. The molecule has 3 aromatic rings. The second-order valence-corrected chi connectivity index (χ2v) is 35.6. The molecule has 4 fully saturated rings. The molecule has 6 bridgehead atoms. The highest BCUT2D eigenvalue weighted by Gasteiger charge is 2.75. The third-order valence-corrected chi connectivity index (χ3v) is 28.0. The number of hydrogen-bond acceptors (Lipinski definition) is 31. The van der Waals surface area contributed by atoms with Crippen LogP contribution in [0.15, 0.2) is 84.2 Å². The van der Waals surface area contributed by atoms with Crippen LogP contribution in [0.2, 0.25) is 0 Å². The van der Waals surface area contributed by atoms with E-state index in [1.165, 1.54) is 13.8 Å². The zero-order valence-electron chi connectivity index (χ0n) is 74.2. The Kier molecular flexibility index (Phi) is 31.7. The number of unbranched alkanes of at least 4 members (excludes halogenated alkanes) is 2. The SMILES string of the molecule is C.C.C=C(OC1=CC[C@@]2(O)[C@H]3Cc4ccc(C=O)c5c4[C@@]2(CCN3C)[C@H]1O5)[C@H](C)OC(=O)CCNC(=O)[C@@H]1CCCN1.CCCCC[C@H](NC(C)=O)C(=O)NCCC(=O)O[C@@H](C)C(=O)OC1=CC[C@@]2(O)[C@H]3Cc4ccc(C=O)c5c4[C@@]2(CCN3C)[C@H]1O5.CCOC(=O)C[C@H](OC(=O)CCC(=O)O)C(=O)OC1=CC[C@@]2(O)[C@H]3Cc4ccc(C=O)c5c4[C@@]2(CCN3C)[C@H]1O5.O=CC(F)(F)F.[HH]. The van der Waals surface area contributed by atoms with Crippen LogP contribution in [0.5, 0.6) is 17.2 Å². The third kappa shape index (κ3) is 19.2. The van der Waals surface area contributed by atoms with Crippen LogP contribution in [0.25, 0.3) is 0 Å². The number of aliphatic hydroxyl groups is 3. The molecule has 3 spiro atoms. The van der Waals surface area contributed by atoms with E-state index < -0.39 is 149 Å². The van der Waals surface area contributed by atoms with Crippen molar-refractivity contribution in [2.45, 2.75) is 284 Å². The highest BCUT2D eigenvalue weighted by Crippen LogP contribution is 2.68. The number of carbonyl (C=O) groups is 14. The molecule has 35 nitrogen and oxygen atoms in total. The van der Waals surface area contributed by atoms with E-state index in [1.54, 1.807) is 44.2 Å². The number of piperidine rings is 3. The molecule has 3 aromatic carbocycles. The minimum absolute atomic E-state index is 0. The predicted molar refractivity (Wildman–Crippen MR) is 468 cm³/mol. The number of carboxylic acid groups (broad SMARTS) is 1. The molecule has 16 rings (SSSR count). The Morgan fingerprint density at radius 1 is 0.594 bits per heavy atom. The number of esters is 6. The van der Waals surface area contributed by atoms with Gasteiger partial charge in [0, 0.05) is 75.5 Å². The number of hydrogen-bond donors (Lipinski definition) is 8. The fraction of sp³-hybridized carbons (Fsp3) is 0.579. The Morgan fingerprint density at radius 3 is 1.41 bits per heavy atom. The Balaban J connectivity index is 0.000000200. The predicted octanol–water partition coefficient (Wildman–Crippen LogP) is 6.66. The molecule has 133 heavy (non-hydrogen) atoms. The van der Waals surface area contributed by atoms with Crippen LogP contribution in [0, 0.1) is 0 Å². The monoisotopic (exact) mass is 1870 g/mol. The summed E-state index contributed by atoms with van der Waals surface area (Å²) in [6.07, 6.45) is 2.80. The van der Waals surface area contributed by atoms with Gasteiger partial charge in [0.1, 0.15) is 46.3 Å². The van der Waals surface area contributed by atoms with Gasteiger partial charge in [-0.25, -0.2) is 9.59 Å². The number of carbonyl (C=O) groups excluding carboxylic acids is 13. The van der Waals surface area contributed by atoms with Gasteiger partial charge in [0.25, 0.3) is 0 Å². The first-order valence-corrected chi connectivity index (χ1v) is 44.3. The van der Waals surface area contributed by atoms with Gasteiger partial charge in [0.05, 0.1) is 94.5 Å². The second-order valence-electron chi connectivity index (χ2n) is 35.6. The van der Waals surface area contributed by atoms with E-state index >= 15 is 0 Å². The Morgan fingerprint density at radius 2 is 1.02 bits per heavy atom. The van der Waals surface area contributed by atoms with E-state index in [1.807, 2.05) is 52.3 Å². The van der Waals surface area contributed by atoms with E-state index in [0.29, 0.717) is 110 Å². The van der Waals surface area contributed by atoms with E-state index in [-0.39, 0.29) is 121 Å². The van der Waals surface area contributed by atoms with E-state index in [4.69, 9.17) is 57.3 Å². The van der Waals surface area contributed by atoms with Gasteiger partial charge >= 0.3 is 48.0 Å². The number of aldehydes is 4. The van der Waals surface area contributed by atoms with Gasteiger partial charge in [0.15, 0.2) is 49.4 Å². The fourth-order valence-electron chi connectivity index (χ4n) is 21.8. The summed E-state index contributed by atoms with van der Waals surface area (Å²) < 4.78 is 89.1. The highest BCUT2D eigenvalue weighted by atomic mass is 19.4. The number of alkyl halides is 3. The lowest BCUT2D eigenvalue weighted by Crippen LogP contribution is -2.74. The van der Waals surface area contributed by atoms with E-state index in [0.717, 1.165) is 91.1 Å². The fourth-order valence-corrected chi connectivity index (χ4v) is 21.8. The molecule has 0 aromatic heterocycles. The van der Waals surface area contributed by atoms with Crippen molar-refractivity contribution >= 4 is 84.7 Å². The first-order valence-electron chi connectivity index (χ1n) is 44.3. The lowest BCUT2D eigenvalue weighted by molar-refractivity contribution is -0.178. The smallest absolute Gasteiger partial charge is 0.446 e. The van der Waals surface area contributed by atoms with Crippen LogP contribution >= 0.6 is 0 Å². The molecule has 0 unspecified atom stereocenters. The standard InChI is InChI=1S/C33H43N3O9.C30H37N3O7.C28H31NO11.C2HF3O.2CH4.H2/c1-5-6-7-8-23(35-20(3)38)30(40)34-15-12-26(39)43-19(2)31(41)44-24-11-13-33(42)25-17-21-9-10-22(18-37)28-27(21)32(33,29(24)45-28)14-16-36(25)4;1-17(18(2)39-24(35)9-13-32-28(36)21-5-4-12-31-21)38-22-8-10-30(37)23-15-19-6-7-20(16-34)26-25(19)29(30,27(22)40-26)11-14-33(23)3;1-3-37-22(34)13-18(38-21(33)7-6-20(31)32)26(35)39-17-8-9-28(36)19-12-15-4-5-16(14-30)24-23(15)27(28,25(17)40-24)10-11-29(19)2;3-2(4,5)1-6;;;/h9-11,18-19,23,25,29,42H,5-8,12-17H2,1-4H3,(H,34,40)(H,35,38);6-8,16,18,21,23,27,31,37H,1,4-5,9-15H2,2-3H3,(H,32,36);4-5,8,14,18-19,25,36H,3,6-7,9-13H2,1-2H3,(H,31,32);1H;2*1H4;1H/t19-,23-,25+,29-,32-,33+;18-,21-,23+,27-,29-,30+;18-,19+,25-,27-,28+;;;;/m000..../s1. The zero-order valence-corrected chi connectivity index (χ0v) is 74.2. The van der Waals surface area contributed by atoms with Crippen LogP contribution in [-0.2, 0) is 121 Å². The molecule has 0 radical (unpaired) electrons. The quantitative estimate of drug-likeness (QED) is 0.0106. The van der Waals surface area contributed by atoms with Crippen molar-refractivity contribution in [2.24, 2.45) is 0 Å². The molecular formula is C95H122F3N7O28. The summed E-state index contributed by atoms with van der Waals surface area (Å²) in [6.45, 7) is 15.2. The number of benzene rings is 3. The minimum atomic E-state index is -4.64. The Hall–Kier alpha value is -11.3. The number of amides is 3. The lowest BCUT2D eigenvalue weighted by atomic mass is 9.50. The molecule has 0 saturated carbocycles. The number of carboxylic acids is 1. The van der Waals surface area contributed by atoms with Crippen LogP contribution in [0.1, 0.15) is 225 Å². The van der Waals surface area contributed by atoms with Crippen molar-refractivity contribution in [3.8, 4) is 17.2 Å².